The molecule has 2 aromatic carbocycles. The zero-order valence-corrected chi connectivity index (χ0v) is 35.5. The number of ketones is 1. The number of phenols is 3. The van der Waals surface area contributed by atoms with Gasteiger partial charge < -0.3 is 59.7 Å². The lowest BCUT2D eigenvalue weighted by molar-refractivity contribution is -0.160. The van der Waals surface area contributed by atoms with Gasteiger partial charge in [-0.1, -0.05) is 64.9 Å². The minimum atomic E-state index is -2.13. The zero-order valence-electron chi connectivity index (χ0n) is 35.5. The van der Waals surface area contributed by atoms with Gasteiger partial charge in [0.05, 0.1) is 53.0 Å². The molecule has 10 atom stereocenters. The Balaban J connectivity index is 1.99. The number of nitrogens with one attached hydrogen (secondary N) is 1. The molecule has 3 aliphatic heterocycles. The molecule has 0 fully saturated rings. The average Bonchev–Trinajstić information content (AvgIpc) is 3.45. The number of amides is 1. The maximum Gasteiger partial charge on any atom is 0.348 e. The molecule has 0 spiro atoms. The third-order valence-corrected chi connectivity index (χ3v) is 11.2. The largest absolute Gasteiger partial charge is 0.507 e. The highest BCUT2D eigenvalue weighted by atomic mass is 16.7. The fourth-order valence-corrected chi connectivity index (χ4v) is 7.47. The minimum Gasteiger partial charge on any atom is -0.507 e. The van der Waals surface area contributed by atoms with Crippen molar-refractivity contribution in [3.8, 4) is 23.0 Å². The van der Waals surface area contributed by atoms with Crippen molar-refractivity contribution in [3.63, 3.8) is 0 Å². The second-order valence-corrected chi connectivity index (χ2v) is 16.0. The van der Waals surface area contributed by atoms with Gasteiger partial charge >= 0.3 is 17.7 Å². The first kappa shape index (κ1) is 47.0. The Kier molecular flexibility index (Phi) is 14.7. The molecule has 5 bridgehead atoms. The molecule has 0 saturated carbocycles. The number of rotatable bonds is 7. The number of carboxylic acid groups (broad SMARTS) is 1. The van der Waals surface area contributed by atoms with Gasteiger partial charge in [-0.3, -0.25) is 14.4 Å². The number of fused-ring (bicyclic) bond motifs is 14. The Morgan fingerprint density at radius 1 is 0.950 bits per heavy atom. The van der Waals surface area contributed by atoms with E-state index in [0.29, 0.717) is 0 Å². The number of ether oxygens (including phenoxy) is 4. The fraction of sp³-hybridized carbons (Fsp3) is 0.512. The number of nitrogens with zero attached hydrogens (tertiary/aromatic N) is 1. The van der Waals surface area contributed by atoms with E-state index in [2.05, 4.69) is 10.5 Å². The number of benzene rings is 2. The summed E-state index contributed by atoms with van der Waals surface area (Å²) in [6.45, 7) is 15.3. The number of allylic oxidation sites excluding steroid dienone is 2. The lowest BCUT2D eigenvalue weighted by Crippen LogP contribution is -2.46. The van der Waals surface area contributed by atoms with Crippen LogP contribution >= 0.6 is 0 Å². The van der Waals surface area contributed by atoms with Crippen LogP contribution in [0.25, 0.3) is 10.8 Å². The van der Waals surface area contributed by atoms with Crippen LogP contribution in [0.2, 0.25) is 0 Å². The van der Waals surface area contributed by atoms with Crippen LogP contribution in [-0.4, -0.2) is 104 Å². The van der Waals surface area contributed by atoms with Gasteiger partial charge in [0.25, 0.3) is 11.7 Å². The topological polar surface area (TPSA) is 260 Å². The summed E-state index contributed by atoms with van der Waals surface area (Å²) in [7, 11) is 1.40. The van der Waals surface area contributed by atoms with Gasteiger partial charge in [-0.15, -0.1) is 0 Å². The van der Waals surface area contributed by atoms with Crippen LogP contribution in [0.1, 0.15) is 83.8 Å². The number of anilines is 1. The summed E-state index contributed by atoms with van der Waals surface area (Å²) in [6.07, 6.45) is 2.49. The molecule has 3 heterocycles. The number of Topliss-reactive ketones (excluding diaryl/α,β-unsaturated/α-hetero) is 1. The Bertz CT molecular complexity index is 2120. The van der Waals surface area contributed by atoms with Crippen molar-refractivity contribution in [1.29, 1.82) is 0 Å². The summed E-state index contributed by atoms with van der Waals surface area (Å²) >= 11 is 0. The number of phenolic OH excluding ortho intramolecular Hbond substituents is 3. The van der Waals surface area contributed by atoms with E-state index in [4.69, 9.17) is 23.8 Å². The number of oxime groups is 1. The fourth-order valence-electron chi connectivity index (χ4n) is 7.47. The Labute approximate surface area is 347 Å². The van der Waals surface area contributed by atoms with Crippen LogP contribution in [0, 0.1) is 36.5 Å². The van der Waals surface area contributed by atoms with E-state index in [1.165, 1.54) is 53.0 Å². The zero-order chi connectivity index (χ0) is 45.1. The Hall–Kier alpha value is -5.65. The van der Waals surface area contributed by atoms with Crippen molar-refractivity contribution in [3.05, 3.63) is 52.8 Å². The van der Waals surface area contributed by atoms with Crippen molar-refractivity contribution in [2.45, 2.75) is 106 Å². The number of aliphatic hydroxyl groups excluding tert-OH is 2. The van der Waals surface area contributed by atoms with Crippen LogP contribution < -0.4 is 10.1 Å². The summed E-state index contributed by atoms with van der Waals surface area (Å²) in [5.74, 6) is -11.3. The summed E-state index contributed by atoms with van der Waals surface area (Å²) < 4.78 is 23.4. The number of hydrogen-bond acceptors (Lipinski definition) is 15. The number of esters is 1. The van der Waals surface area contributed by atoms with Crippen molar-refractivity contribution in [1.82, 2.24) is 0 Å². The van der Waals surface area contributed by atoms with Gasteiger partial charge in [-0.05, 0) is 19.9 Å². The average molecular weight is 841 g/mol. The smallest absolute Gasteiger partial charge is 0.348 e. The molecule has 60 heavy (non-hydrogen) atoms. The lowest BCUT2D eigenvalue weighted by atomic mass is 9.78. The number of carbonyl (C=O) groups is 4. The molecule has 17 heteroatoms. The first-order chi connectivity index (χ1) is 28.0. The molecule has 1 amide bonds. The maximum atomic E-state index is 14.4. The highest BCUT2D eigenvalue weighted by molar-refractivity contribution is 6.23. The van der Waals surface area contributed by atoms with Gasteiger partial charge in [0, 0.05) is 67.1 Å². The van der Waals surface area contributed by atoms with E-state index in [1.54, 1.807) is 47.6 Å². The summed E-state index contributed by atoms with van der Waals surface area (Å²) in [5, 5.41) is 73.1. The SMILES string of the molecule is COC1/C=C\OC2(C)Oc3c(C)c(O)c4c(O)c(c(/C=N/OC(C(=O)O)C(C)C)c(O)c4c3C2=O)NC(=O)/C(C)=C\C=C/C(C)C(O)C(C)C(O)C(C)C(OC(C)=O)C1C. The normalized spacial score (nSPS) is 30.3. The molecule has 7 N–H and O–H groups in total. The van der Waals surface area contributed by atoms with Gasteiger partial charge in [0.2, 0.25) is 6.10 Å². The van der Waals surface area contributed by atoms with Gasteiger partial charge in [-0.25, -0.2) is 4.79 Å². The van der Waals surface area contributed by atoms with Crippen LogP contribution in [-0.2, 0) is 33.4 Å². The Morgan fingerprint density at radius 2 is 1.60 bits per heavy atom. The van der Waals surface area contributed by atoms with E-state index in [0.717, 1.165) is 12.5 Å². The van der Waals surface area contributed by atoms with E-state index >= 15 is 0 Å². The van der Waals surface area contributed by atoms with Crippen molar-refractivity contribution >= 4 is 46.3 Å². The quantitative estimate of drug-likeness (QED) is 0.0620. The van der Waals surface area contributed by atoms with Crippen LogP contribution in [0.4, 0.5) is 5.69 Å². The third-order valence-electron chi connectivity index (χ3n) is 11.2. The molecular formula is C43H56N2O15. The summed E-state index contributed by atoms with van der Waals surface area (Å²) in [4.78, 5) is 57.4. The number of aromatic hydroxyl groups is 3. The molecule has 2 aromatic rings. The first-order valence-corrected chi connectivity index (χ1v) is 19.5. The number of methoxy groups -OCH3 is 1. The van der Waals surface area contributed by atoms with Crippen molar-refractivity contribution in [2.75, 3.05) is 12.4 Å². The van der Waals surface area contributed by atoms with Gasteiger partial charge in [0.1, 0.15) is 23.4 Å². The molecule has 3 aliphatic rings. The minimum absolute atomic E-state index is 0.0301. The van der Waals surface area contributed by atoms with Crippen molar-refractivity contribution < 1.29 is 73.6 Å². The molecular weight excluding hydrogens is 784 g/mol. The predicted molar refractivity (Wildman–Crippen MR) is 219 cm³/mol. The van der Waals surface area contributed by atoms with E-state index < -0.39 is 129 Å². The predicted octanol–water partition coefficient (Wildman–Crippen LogP) is 5.21. The highest BCUT2D eigenvalue weighted by Crippen LogP contribution is 2.55. The second-order valence-electron chi connectivity index (χ2n) is 16.0. The van der Waals surface area contributed by atoms with Crippen LogP contribution in [0.5, 0.6) is 23.0 Å². The van der Waals surface area contributed by atoms with E-state index in [9.17, 15) is 49.8 Å². The molecule has 0 saturated heterocycles. The van der Waals surface area contributed by atoms with E-state index in [-0.39, 0.29) is 22.4 Å². The molecule has 5 rings (SSSR count). The first-order valence-electron chi connectivity index (χ1n) is 19.5. The van der Waals surface area contributed by atoms with Gasteiger partial charge in [0.15, 0.2) is 5.75 Å². The monoisotopic (exact) mass is 840 g/mol. The number of aliphatic carboxylic acids is 1. The number of carbonyl (C=O) groups excluding carboxylic acids is 3. The lowest BCUT2D eigenvalue weighted by Gasteiger charge is -2.38. The molecule has 17 nitrogen and oxygen atoms in total. The van der Waals surface area contributed by atoms with Gasteiger partial charge in [-0.2, -0.15) is 0 Å². The molecule has 0 aliphatic carbocycles. The maximum absolute atomic E-state index is 14.4. The molecule has 10 unspecified atom stereocenters. The third kappa shape index (κ3) is 9.22. The standard InChI is InChI=1S/C43H56N2O15/c1-18(2)37(42(54)55)60-44-17-26-31-36(51)29-28(35(26)50)30-39(24(8)34(29)49)59-43(10,40(30)52)57-16-15-27(56-11)21(5)38(58-25(9)46)23(7)33(48)22(6)32(47)19(3)13-12-14-20(4)41(53)45-31/h12-19,21-23,27,32-33,37-38,47-51H,1-11H3,(H,45,53)(H,54,55)/b13-12-,16-15-,20-14-,44-17+. The molecule has 0 aromatic heterocycles. The number of carboxylic acids is 1. The highest BCUT2D eigenvalue weighted by Gasteiger charge is 2.50. The molecule has 0 radical (unpaired) electrons. The molecule has 328 valence electrons. The number of hydrogen-bond donors (Lipinski definition) is 7. The Morgan fingerprint density at radius 3 is 2.18 bits per heavy atom. The van der Waals surface area contributed by atoms with E-state index in [1.807, 2.05) is 0 Å². The summed E-state index contributed by atoms with van der Waals surface area (Å²) in [6, 6.07) is 0. The van der Waals surface area contributed by atoms with Crippen molar-refractivity contribution in [2.24, 2.45) is 34.7 Å². The summed E-state index contributed by atoms with van der Waals surface area (Å²) in [5.41, 5.74) is -1.17. The number of aliphatic hydroxyl groups is 2. The van der Waals surface area contributed by atoms with Crippen LogP contribution in [0.15, 0.2) is 41.3 Å². The van der Waals surface area contributed by atoms with Crippen LogP contribution in [0.3, 0.4) is 0 Å². The second kappa shape index (κ2) is 18.7.